The predicted octanol–water partition coefficient (Wildman–Crippen LogP) is -0.362. The monoisotopic (exact) mass is 126 g/mol. The molecule has 0 spiro atoms. The lowest BCUT2D eigenvalue weighted by Gasteiger charge is -1.81. The van der Waals surface area contributed by atoms with Crippen molar-refractivity contribution in [2.45, 2.75) is 20.3 Å². The average molecular weight is 126 g/mol. The summed E-state index contributed by atoms with van der Waals surface area (Å²) in [6.45, 7) is 2.81. The fraction of sp³-hybridized carbons (Fsp3) is 0.600. The first kappa shape index (κ1) is 11.0. The van der Waals surface area contributed by atoms with Crippen molar-refractivity contribution in [2.75, 3.05) is 0 Å². The Hall–Kier alpha value is 0.106. The Morgan fingerprint density at radius 3 is 1.38 bits per heavy atom. The topological polar surface area (TPSA) is 34.1 Å². The molecular weight excluding hydrogens is 116 g/mol. The minimum Gasteiger partial charge on any atom is -0.300 e. The van der Waals surface area contributed by atoms with Gasteiger partial charge in [0.25, 0.3) is 0 Å². The normalized spacial score (nSPS) is 7.25. The van der Waals surface area contributed by atoms with Crippen LogP contribution in [0.3, 0.4) is 0 Å². The van der Waals surface area contributed by atoms with Gasteiger partial charge in [-0.15, -0.1) is 0 Å². The van der Waals surface area contributed by atoms with Gasteiger partial charge in [0.05, 0.1) is 6.42 Å². The zero-order valence-corrected chi connectivity index (χ0v) is 4.52. The fourth-order valence-corrected chi connectivity index (χ4v) is 0.351. The van der Waals surface area contributed by atoms with Gasteiger partial charge in [0.2, 0.25) is 0 Å². The second-order valence-electron chi connectivity index (χ2n) is 1.58. The summed E-state index contributed by atoms with van der Waals surface area (Å²) in [5.41, 5.74) is 0. The van der Waals surface area contributed by atoms with Crippen LogP contribution in [0.5, 0.6) is 0 Å². The molecule has 0 amide bonds. The lowest BCUT2D eigenvalue weighted by Crippen LogP contribution is -1.97. The van der Waals surface area contributed by atoms with Gasteiger partial charge in [-0.1, -0.05) is 0 Å². The minimum absolute atomic E-state index is 0. The zero-order valence-electron chi connectivity index (χ0n) is 4.52. The summed E-state index contributed by atoms with van der Waals surface area (Å²) in [7, 11) is 0. The van der Waals surface area contributed by atoms with Crippen LogP contribution in [0, 0.1) is 0 Å². The first-order chi connectivity index (χ1) is 3.13. The van der Waals surface area contributed by atoms with E-state index in [-0.39, 0.29) is 41.0 Å². The van der Waals surface area contributed by atoms with E-state index >= 15 is 0 Å². The molecule has 0 N–H and O–H groups in total. The summed E-state index contributed by atoms with van der Waals surface area (Å²) >= 11 is 0. The summed E-state index contributed by atoms with van der Waals surface area (Å²) in [6.07, 6.45) is 0.0833. The summed E-state index contributed by atoms with van der Waals surface area (Å²) in [5, 5.41) is 0. The van der Waals surface area contributed by atoms with Crippen molar-refractivity contribution in [1.82, 2.24) is 0 Å². The summed E-state index contributed by atoms with van der Waals surface area (Å²) in [6, 6.07) is 0. The van der Waals surface area contributed by atoms with Crippen LogP contribution >= 0.6 is 0 Å². The molecule has 0 aromatic carbocycles. The van der Waals surface area contributed by atoms with E-state index in [1.165, 1.54) is 13.8 Å². The van der Waals surface area contributed by atoms with E-state index in [4.69, 9.17) is 0 Å². The Balaban J connectivity index is 0. The SMILES string of the molecule is CC(=O)CC(C)=O.[MgH2]. The van der Waals surface area contributed by atoms with Gasteiger partial charge in [0.15, 0.2) is 0 Å². The standard InChI is InChI=1S/C5H8O2.Mg.2H/c1-4(6)3-5(2)7;;;/h3H2,1-2H3;;;. The highest BCUT2D eigenvalue weighted by Crippen LogP contribution is 1.80. The predicted molar refractivity (Wildman–Crippen MR) is 34.5 cm³/mol. The molecule has 44 valence electrons. The zero-order chi connectivity index (χ0) is 5.86. The molecule has 0 radical (unpaired) electrons. The number of rotatable bonds is 2. The van der Waals surface area contributed by atoms with Crippen LogP contribution in [0.15, 0.2) is 0 Å². The molecule has 0 aliphatic carbocycles. The average Bonchev–Trinajstić information content (AvgIpc) is 1.27. The Kier molecular flexibility index (Phi) is 7.20. The first-order valence-electron chi connectivity index (χ1n) is 2.12. The minimum atomic E-state index is -0.0625. The lowest BCUT2D eigenvalue weighted by molar-refractivity contribution is -0.124. The third kappa shape index (κ3) is 9.44. The van der Waals surface area contributed by atoms with Crippen molar-refractivity contribution >= 4 is 34.6 Å². The van der Waals surface area contributed by atoms with Crippen LogP contribution in [0.4, 0.5) is 0 Å². The van der Waals surface area contributed by atoms with Crippen LogP contribution < -0.4 is 0 Å². The molecule has 0 saturated carbocycles. The van der Waals surface area contributed by atoms with E-state index in [2.05, 4.69) is 0 Å². The molecule has 0 bridgehead atoms. The van der Waals surface area contributed by atoms with Gasteiger partial charge >= 0.3 is 23.1 Å². The maximum absolute atomic E-state index is 10.0. The third-order valence-electron chi connectivity index (χ3n) is 0.498. The molecule has 0 fully saturated rings. The number of carbonyl (C=O) groups excluding carboxylic acids is 2. The van der Waals surface area contributed by atoms with E-state index in [0.717, 1.165) is 0 Å². The molecule has 0 aromatic heterocycles. The van der Waals surface area contributed by atoms with Crippen molar-refractivity contribution in [3.8, 4) is 0 Å². The van der Waals surface area contributed by atoms with Crippen molar-refractivity contribution in [2.24, 2.45) is 0 Å². The van der Waals surface area contributed by atoms with Gasteiger partial charge in [0.1, 0.15) is 11.6 Å². The molecule has 2 nitrogen and oxygen atoms in total. The highest BCUT2D eigenvalue weighted by molar-refractivity contribution is 5.96. The van der Waals surface area contributed by atoms with Crippen molar-refractivity contribution in [3.05, 3.63) is 0 Å². The van der Waals surface area contributed by atoms with Gasteiger partial charge in [-0.2, -0.15) is 0 Å². The quantitative estimate of drug-likeness (QED) is 0.374. The first-order valence-corrected chi connectivity index (χ1v) is 2.12. The van der Waals surface area contributed by atoms with Crippen molar-refractivity contribution in [1.29, 1.82) is 0 Å². The smallest absolute Gasteiger partial charge is 0.300 e. The summed E-state index contributed by atoms with van der Waals surface area (Å²) < 4.78 is 0. The van der Waals surface area contributed by atoms with E-state index < -0.39 is 0 Å². The molecule has 3 heteroatoms. The van der Waals surface area contributed by atoms with Gasteiger partial charge in [-0.3, -0.25) is 9.59 Å². The van der Waals surface area contributed by atoms with Crippen molar-refractivity contribution < 1.29 is 9.59 Å². The fourth-order valence-electron chi connectivity index (χ4n) is 0.351. The second-order valence-corrected chi connectivity index (χ2v) is 1.58. The van der Waals surface area contributed by atoms with Crippen LogP contribution in [0.25, 0.3) is 0 Å². The van der Waals surface area contributed by atoms with Crippen LogP contribution in [-0.4, -0.2) is 34.6 Å². The van der Waals surface area contributed by atoms with Gasteiger partial charge < -0.3 is 0 Å². The maximum atomic E-state index is 10.0. The molecule has 0 saturated heterocycles. The van der Waals surface area contributed by atoms with Gasteiger partial charge in [-0.25, -0.2) is 0 Å². The van der Waals surface area contributed by atoms with E-state index in [1.54, 1.807) is 0 Å². The summed E-state index contributed by atoms with van der Waals surface area (Å²) in [4.78, 5) is 20.1. The molecular formula is C5H10MgO2. The van der Waals surface area contributed by atoms with Crippen LogP contribution in [0.1, 0.15) is 20.3 Å². The molecule has 0 aliphatic heterocycles. The largest absolute Gasteiger partial charge is 0.316 e. The van der Waals surface area contributed by atoms with E-state index in [0.29, 0.717) is 0 Å². The highest BCUT2D eigenvalue weighted by atomic mass is 24.3. The number of hydrogen-bond donors (Lipinski definition) is 0. The van der Waals surface area contributed by atoms with Crippen LogP contribution in [0.2, 0.25) is 0 Å². The molecule has 0 heterocycles. The highest BCUT2D eigenvalue weighted by Gasteiger charge is 1.94. The molecule has 0 atom stereocenters. The second kappa shape index (κ2) is 5.25. The molecule has 0 rings (SSSR count). The van der Waals surface area contributed by atoms with Gasteiger partial charge in [0, 0.05) is 0 Å². The maximum Gasteiger partial charge on any atom is 0.316 e. The molecule has 0 aromatic rings. The van der Waals surface area contributed by atoms with E-state index in [9.17, 15) is 9.59 Å². The van der Waals surface area contributed by atoms with Crippen molar-refractivity contribution in [3.63, 3.8) is 0 Å². The van der Waals surface area contributed by atoms with E-state index in [1.807, 2.05) is 0 Å². The number of Topliss-reactive ketones (excluding diaryl/α,β-unsaturated/α-hetero) is 2. The Morgan fingerprint density at radius 2 is 1.38 bits per heavy atom. The molecule has 0 unspecified atom stereocenters. The Morgan fingerprint density at radius 1 is 1.12 bits per heavy atom. The summed E-state index contributed by atoms with van der Waals surface area (Å²) in [5.74, 6) is -0.125. The molecule has 8 heavy (non-hydrogen) atoms. The number of carbonyl (C=O) groups is 2. The molecule has 0 aliphatic rings. The Bertz CT molecular complexity index is 86.6. The lowest BCUT2D eigenvalue weighted by atomic mass is 10.2. The number of ketones is 2. The Labute approximate surface area is 64.8 Å². The number of hydrogen-bond acceptors (Lipinski definition) is 2. The third-order valence-corrected chi connectivity index (χ3v) is 0.498. The van der Waals surface area contributed by atoms with Crippen LogP contribution in [-0.2, 0) is 9.59 Å². The van der Waals surface area contributed by atoms with Gasteiger partial charge in [-0.05, 0) is 13.8 Å².